The molecule has 1 N–H and O–H groups in total. The highest BCUT2D eigenvalue weighted by Crippen LogP contribution is 2.30. The molecule has 3 aromatic rings. The maximum absolute atomic E-state index is 13.2. The second kappa shape index (κ2) is 10.9. The van der Waals surface area contributed by atoms with E-state index in [0.717, 1.165) is 40.9 Å². The third kappa shape index (κ3) is 6.39. The molecular formula is C27H34N6O5S. The second-order valence-electron chi connectivity index (χ2n) is 10.8. The van der Waals surface area contributed by atoms with Gasteiger partial charge in [-0.1, -0.05) is 6.07 Å². The summed E-state index contributed by atoms with van der Waals surface area (Å²) < 4.78 is 40.0. The van der Waals surface area contributed by atoms with Gasteiger partial charge in [-0.3, -0.25) is 9.71 Å². The molecule has 39 heavy (non-hydrogen) atoms. The van der Waals surface area contributed by atoms with Gasteiger partial charge in [0, 0.05) is 43.3 Å². The summed E-state index contributed by atoms with van der Waals surface area (Å²) in [7, 11) is -3.68. The minimum atomic E-state index is -3.68. The Labute approximate surface area is 228 Å². The summed E-state index contributed by atoms with van der Waals surface area (Å²) >= 11 is 0. The molecule has 11 nitrogen and oxygen atoms in total. The summed E-state index contributed by atoms with van der Waals surface area (Å²) in [5.74, 6) is 0.854. The number of piperidine rings is 1. The number of hydrogen-bond donors (Lipinski definition) is 1. The summed E-state index contributed by atoms with van der Waals surface area (Å²) in [6.07, 6.45) is 5.02. The van der Waals surface area contributed by atoms with Crippen molar-refractivity contribution in [1.29, 1.82) is 0 Å². The summed E-state index contributed by atoms with van der Waals surface area (Å²) in [5.41, 5.74) is 2.28. The van der Waals surface area contributed by atoms with Crippen molar-refractivity contribution in [3.8, 4) is 11.1 Å². The molecule has 0 spiro atoms. The second-order valence-corrected chi connectivity index (χ2v) is 12.8. The largest absolute Gasteiger partial charge is 0.444 e. The third-order valence-electron chi connectivity index (χ3n) is 6.79. The quantitative estimate of drug-likeness (QED) is 0.503. The number of morpholine rings is 1. The van der Waals surface area contributed by atoms with E-state index in [9.17, 15) is 13.2 Å². The van der Waals surface area contributed by atoms with Crippen LogP contribution in [-0.2, 0) is 19.5 Å². The van der Waals surface area contributed by atoms with E-state index in [2.05, 4.69) is 24.6 Å². The number of fused-ring (bicyclic) bond motifs is 1. The van der Waals surface area contributed by atoms with Crippen LogP contribution in [0.5, 0.6) is 0 Å². The van der Waals surface area contributed by atoms with Crippen molar-refractivity contribution in [3.63, 3.8) is 0 Å². The van der Waals surface area contributed by atoms with Crippen molar-refractivity contribution in [1.82, 2.24) is 19.9 Å². The molecule has 4 heterocycles. The number of anilines is 2. The van der Waals surface area contributed by atoms with E-state index in [1.807, 2.05) is 39.0 Å². The number of likely N-dealkylation sites (tertiary alicyclic amines) is 1. The molecule has 12 heteroatoms. The fourth-order valence-corrected chi connectivity index (χ4v) is 6.26. The molecule has 208 valence electrons. The fraction of sp³-hybridized carbons (Fsp3) is 0.481. The summed E-state index contributed by atoms with van der Waals surface area (Å²) in [6, 6.07) is 7.67. The minimum absolute atomic E-state index is 0.323. The zero-order chi connectivity index (χ0) is 27.6. The van der Waals surface area contributed by atoms with Crippen LogP contribution < -0.4 is 9.62 Å². The van der Waals surface area contributed by atoms with Gasteiger partial charge in [-0.25, -0.2) is 23.2 Å². The third-order valence-corrected chi connectivity index (χ3v) is 8.66. The Morgan fingerprint density at radius 2 is 1.77 bits per heavy atom. The lowest BCUT2D eigenvalue weighted by atomic mass is 10.0. The molecule has 0 bridgehead atoms. The Hall–Kier alpha value is -3.51. The van der Waals surface area contributed by atoms with Crippen LogP contribution >= 0.6 is 0 Å². The van der Waals surface area contributed by atoms with E-state index in [-0.39, 0.29) is 0 Å². The first-order chi connectivity index (χ1) is 18.6. The van der Waals surface area contributed by atoms with Gasteiger partial charge in [0.2, 0.25) is 10.0 Å². The Morgan fingerprint density at radius 3 is 2.49 bits per heavy atom. The fourth-order valence-electron chi connectivity index (χ4n) is 4.83. The first-order valence-electron chi connectivity index (χ1n) is 13.1. The van der Waals surface area contributed by atoms with E-state index >= 15 is 0 Å². The number of carbonyl (C=O) groups excluding carboxylic acids is 1. The molecule has 1 amide bonds. The lowest BCUT2D eigenvalue weighted by molar-refractivity contribution is 0.0217. The maximum atomic E-state index is 13.2. The van der Waals surface area contributed by atoms with Crippen molar-refractivity contribution >= 4 is 38.5 Å². The maximum Gasteiger partial charge on any atom is 0.410 e. The van der Waals surface area contributed by atoms with E-state index in [1.165, 1.54) is 6.20 Å². The van der Waals surface area contributed by atoms with Gasteiger partial charge in [0.05, 0.1) is 35.9 Å². The van der Waals surface area contributed by atoms with E-state index in [4.69, 9.17) is 9.47 Å². The number of amides is 1. The van der Waals surface area contributed by atoms with Gasteiger partial charge in [-0.05, 0) is 57.4 Å². The highest BCUT2D eigenvalue weighted by Gasteiger charge is 2.33. The van der Waals surface area contributed by atoms with Crippen LogP contribution in [0.2, 0.25) is 0 Å². The summed E-state index contributed by atoms with van der Waals surface area (Å²) in [5, 5.41) is 0.299. The number of aromatic nitrogens is 3. The molecule has 5 rings (SSSR count). The molecule has 2 aromatic heterocycles. The van der Waals surface area contributed by atoms with Gasteiger partial charge < -0.3 is 19.3 Å². The van der Waals surface area contributed by atoms with Crippen molar-refractivity contribution in [2.75, 3.05) is 49.0 Å². The van der Waals surface area contributed by atoms with Crippen LogP contribution in [0.25, 0.3) is 22.0 Å². The number of sulfonamides is 1. The van der Waals surface area contributed by atoms with E-state index in [1.54, 1.807) is 23.5 Å². The number of ether oxygens (including phenoxy) is 2. The highest BCUT2D eigenvalue weighted by molar-refractivity contribution is 7.93. The standard InChI is InChI=1S/C27H34N6O5S/c1-27(2,3)38-26(34)33-8-6-22(7-9-33)39(35,36)31-21-14-20(16-28-17-21)19-4-5-24-23(15-19)25(30-18-29-24)32-10-12-37-13-11-32/h4-5,14-18,22,31H,6-13H2,1-3H3. The van der Waals surface area contributed by atoms with Crippen molar-refractivity contribution in [3.05, 3.63) is 43.0 Å². The monoisotopic (exact) mass is 554 g/mol. The average molecular weight is 555 g/mol. The molecule has 2 aliphatic heterocycles. The molecule has 0 atom stereocenters. The molecule has 0 unspecified atom stereocenters. The summed E-state index contributed by atoms with van der Waals surface area (Å²) in [4.78, 5) is 29.3. The Bertz CT molecular complexity index is 1440. The van der Waals surface area contributed by atoms with Crippen LogP contribution in [0.15, 0.2) is 43.0 Å². The molecule has 0 aliphatic carbocycles. The van der Waals surface area contributed by atoms with Crippen molar-refractivity contribution < 1.29 is 22.7 Å². The predicted molar refractivity (Wildman–Crippen MR) is 149 cm³/mol. The van der Waals surface area contributed by atoms with Crippen LogP contribution in [0, 0.1) is 0 Å². The number of hydrogen-bond acceptors (Lipinski definition) is 9. The molecular weight excluding hydrogens is 520 g/mol. The van der Waals surface area contributed by atoms with Crippen LogP contribution in [0.4, 0.5) is 16.3 Å². The van der Waals surface area contributed by atoms with Crippen LogP contribution in [0.1, 0.15) is 33.6 Å². The first kappa shape index (κ1) is 27.1. The van der Waals surface area contributed by atoms with Gasteiger partial charge >= 0.3 is 6.09 Å². The van der Waals surface area contributed by atoms with Gasteiger partial charge in [-0.15, -0.1) is 0 Å². The topological polar surface area (TPSA) is 127 Å². The van der Waals surface area contributed by atoms with Crippen LogP contribution in [-0.4, -0.2) is 84.6 Å². The molecule has 0 saturated carbocycles. The SMILES string of the molecule is CC(C)(C)OC(=O)N1CCC(S(=O)(=O)Nc2cncc(-c3ccc4ncnc(N5CCOCC5)c4c3)c2)CC1. The number of nitrogens with one attached hydrogen (secondary N) is 1. The molecule has 2 fully saturated rings. The molecule has 0 radical (unpaired) electrons. The average Bonchev–Trinajstić information content (AvgIpc) is 2.92. The predicted octanol–water partition coefficient (Wildman–Crippen LogP) is 3.67. The summed E-state index contributed by atoms with van der Waals surface area (Å²) in [6.45, 7) is 8.88. The Balaban J connectivity index is 1.31. The number of nitrogens with zero attached hydrogens (tertiary/aromatic N) is 5. The number of rotatable bonds is 5. The first-order valence-corrected chi connectivity index (χ1v) is 14.7. The molecule has 2 aliphatic rings. The normalized spacial score (nSPS) is 17.3. The van der Waals surface area contributed by atoms with Gasteiger partial charge in [0.25, 0.3) is 0 Å². The minimum Gasteiger partial charge on any atom is -0.444 e. The lowest BCUT2D eigenvalue weighted by Crippen LogP contribution is -2.45. The number of benzene rings is 1. The van der Waals surface area contributed by atoms with Crippen LogP contribution in [0.3, 0.4) is 0 Å². The van der Waals surface area contributed by atoms with E-state index in [0.29, 0.717) is 44.8 Å². The van der Waals surface area contributed by atoms with Crippen molar-refractivity contribution in [2.24, 2.45) is 0 Å². The Kier molecular flexibility index (Phi) is 7.59. The zero-order valence-corrected chi connectivity index (χ0v) is 23.3. The van der Waals surface area contributed by atoms with Gasteiger partial charge in [0.15, 0.2) is 0 Å². The van der Waals surface area contributed by atoms with Gasteiger partial charge in [-0.2, -0.15) is 0 Å². The molecule has 1 aromatic carbocycles. The van der Waals surface area contributed by atoms with E-state index < -0.39 is 27.0 Å². The smallest absolute Gasteiger partial charge is 0.410 e. The highest BCUT2D eigenvalue weighted by atomic mass is 32.2. The Morgan fingerprint density at radius 1 is 1.03 bits per heavy atom. The number of pyridine rings is 1. The number of carbonyl (C=O) groups is 1. The lowest BCUT2D eigenvalue weighted by Gasteiger charge is -2.33. The zero-order valence-electron chi connectivity index (χ0n) is 22.5. The molecule has 2 saturated heterocycles. The van der Waals surface area contributed by atoms with Gasteiger partial charge in [0.1, 0.15) is 17.7 Å². The van der Waals surface area contributed by atoms with Crippen molar-refractivity contribution in [2.45, 2.75) is 44.5 Å².